The van der Waals surface area contributed by atoms with E-state index in [0.29, 0.717) is 12.1 Å². The van der Waals surface area contributed by atoms with E-state index in [4.69, 9.17) is 4.74 Å². The van der Waals surface area contributed by atoms with Crippen molar-refractivity contribution < 1.29 is 4.74 Å². The van der Waals surface area contributed by atoms with E-state index in [9.17, 15) is 0 Å². The molecule has 1 saturated heterocycles. The molecule has 2 unspecified atom stereocenters. The Kier molecular flexibility index (Phi) is 4.48. The normalized spacial score (nSPS) is 22.4. The van der Waals surface area contributed by atoms with Gasteiger partial charge in [0.25, 0.3) is 0 Å². The second-order valence-electron chi connectivity index (χ2n) is 4.61. The van der Waals surface area contributed by atoms with Crippen LogP contribution in [-0.4, -0.2) is 31.3 Å². The summed E-state index contributed by atoms with van der Waals surface area (Å²) < 4.78 is 5.89. The third-order valence-corrected chi connectivity index (χ3v) is 4.30. The standard InChI is InChI=1S/C14H21NOS/c1-10-4-5-12(11(2)8-10)14(15-3)13-9-17-7-6-16-13/h4-5,8,13-15H,6-7,9H2,1-3H3. The van der Waals surface area contributed by atoms with Crippen molar-refractivity contribution in [1.82, 2.24) is 5.32 Å². The number of hydrogen-bond acceptors (Lipinski definition) is 3. The molecule has 0 saturated carbocycles. The van der Waals surface area contributed by atoms with Crippen LogP contribution in [0, 0.1) is 13.8 Å². The van der Waals surface area contributed by atoms with Crippen molar-refractivity contribution in [2.24, 2.45) is 0 Å². The average molecular weight is 251 g/mol. The molecule has 3 heteroatoms. The third kappa shape index (κ3) is 3.03. The van der Waals surface area contributed by atoms with Crippen molar-refractivity contribution in [1.29, 1.82) is 0 Å². The maximum atomic E-state index is 5.89. The monoisotopic (exact) mass is 251 g/mol. The van der Waals surface area contributed by atoms with Crippen molar-refractivity contribution >= 4 is 11.8 Å². The van der Waals surface area contributed by atoms with Gasteiger partial charge in [-0.3, -0.25) is 0 Å². The molecular formula is C14H21NOS. The molecule has 1 fully saturated rings. The van der Waals surface area contributed by atoms with Gasteiger partial charge in [0.1, 0.15) is 0 Å². The lowest BCUT2D eigenvalue weighted by molar-refractivity contribution is 0.0487. The molecule has 17 heavy (non-hydrogen) atoms. The number of aryl methyl sites for hydroxylation is 2. The molecule has 1 aromatic carbocycles. The zero-order valence-electron chi connectivity index (χ0n) is 10.8. The van der Waals surface area contributed by atoms with Crippen molar-refractivity contribution in [2.45, 2.75) is 26.0 Å². The van der Waals surface area contributed by atoms with Crippen molar-refractivity contribution in [3.63, 3.8) is 0 Å². The summed E-state index contributed by atoms with van der Waals surface area (Å²) in [5, 5.41) is 3.41. The number of rotatable bonds is 3. The topological polar surface area (TPSA) is 21.3 Å². The molecule has 1 aliphatic heterocycles. The van der Waals surface area contributed by atoms with Crippen LogP contribution in [0.15, 0.2) is 18.2 Å². The van der Waals surface area contributed by atoms with Crippen molar-refractivity contribution in [3.05, 3.63) is 34.9 Å². The highest BCUT2D eigenvalue weighted by atomic mass is 32.2. The number of benzene rings is 1. The first-order chi connectivity index (χ1) is 8.22. The van der Waals surface area contributed by atoms with E-state index < -0.39 is 0 Å². The highest BCUT2D eigenvalue weighted by molar-refractivity contribution is 7.99. The van der Waals surface area contributed by atoms with E-state index in [1.165, 1.54) is 16.7 Å². The molecule has 0 aliphatic carbocycles. The lowest BCUT2D eigenvalue weighted by Crippen LogP contribution is -2.36. The van der Waals surface area contributed by atoms with E-state index in [-0.39, 0.29) is 0 Å². The molecule has 1 heterocycles. The number of ether oxygens (including phenoxy) is 1. The number of hydrogen-bond donors (Lipinski definition) is 1. The SMILES string of the molecule is CNC(c1ccc(C)cc1C)C1CSCCO1. The molecule has 94 valence electrons. The zero-order chi connectivity index (χ0) is 12.3. The van der Waals surface area contributed by atoms with Crippen LogP contribution < -0.4 is 5.32 Å². The number of thioether (sulfide) groups is 1. The van der Waals surface area contributed by atoms with Gasteiger partial charge in [-0.05, 0) is 32.0 Å². The van der Waals surface area contributed by atoms with Gasteiger partial charge >= 0.3 is 0 Å². The number of likely N-dealkylation sites (N-methyl/N-ethyl adjacent to an activating group) is 1. The Morgan fingerprint density at radius 1 is 1.41 bits per heavy atom. The second kappa shape index (κ2) is 5.89. The van der Waals surface area contributed by atoms with Gasteiger partial charge in [0.15, 0.2) is 0 Å². The molecule has 1 aromatic rings. The van der Waals surface area contributed by atoms with Crippen LogP contribution in [0.3, 0.4) is 0 Å². The summed E-state index contributed by atoms with van der Waals surface area (Å²) in [4.78, 5) is 0. The Bertz CT molecular complexity index is 374. The molecular weight excluding hydrogens is 230 g/mol. The Balaban J connectivity index is 2.21. The zero-order valence-corrected chi connectivity index (χ0v) is 11.6. The van der Waals surface area contributed by atoms with Gasteiger partial charge in [0, 0.05) is 11.5 Å². The van der Waals surface area contributed by atoms with Gasteiger partial charge in [-0.2, -0.15) is 11.8 Å². The minimum atomic E-state index is 0.292. The summed E-state index contributed by atoms with van der Waals surface area (Å²) in [7, 11) is 2.02. The third-order valence-electron chi connectivity index (χ3n) is 3.28. The largest absolute Gasteiger partial charge is 0.375 e. The maximum Gasteiger partial charge on any atom is 0.0860 e. The first-order valence-corrected chi connectivity index (χ1v) is 7.31. The minimum Gasteiger partial charge on any atom is -0.375 e. The molecule has 1 aliphatic rings. The first kappa shape index (κ1) is 12.9. The molecule has 2 rings (SSSR count). The lowest BCUT2D eigenvalue weighted by Gasteiger charge is -2.31. The average Bonchev–Trinajstić information content (AvgIpc) is 2.34. The summed E-state index contributed by atoms with van der Waals surface area (Å²) in [6.45, 7) is 5.19. The predicted molar refractivity (Wildman–Crippen MR) is 74.8 cm³/mol. The molecule has 0 radical (unpaired) electrons. The smallest absolute Gasteiger partial charge is 0.0860 e. The van der Waals surface area contributed by atoms with Crippen molar-refractivity contribution in [3.8, 4) is 0 Å². The highest BCUT2D eigenvalue weighted by Crippen LogP contribution is 2.27. The Hall–Kier alpha value is -0.510. The quantitative estimate of drug-likeness (QED) is 0.892. The van der Waals surface area contributed by atoms with Gasteiger partial charge in [0.05, 0.1) is 18.8 Å². The second-order valence-corrected chi connectivity index (χ2v) is 5.76. The van der Waals surface area contributed by atoms with E-state index in [2.05, 4.69) is 37.4 Å². The van der Waals surface area contributed by atoms with Gasteiger partial charge in [-0.25, -0.2) is 0 Å². The fourth-order valence-electron chi connectivity index (χ4n) is 2.41. The van der Waals surface area contributed by atoms with Crippen molar-refractivity contribution in [2.75, 3.05) is 25.2 Å². The molecule has 2 atom stereocenters. The molecule has 0 amide bonds. The van der Waals surface area contributed by atoms with Gasteiger partial charge < -0.3 is 10.1 Å². The van der Waals surface area contributed by atoms with Crippen LogP contribution in [0.4, 0.5) is 0 Å². The predicted octanol–water partition coefficient (Wildman–Crippen LogP) is 2.70. The minimum absolute atomic E-state index is 0.292. The Morgan fingerprint density at radius 3 is 2.82 bits per heavy atom. The van der Waals surface area contributed by atoms with E-state index in [0.717, 1.165) is 18.1 Å². The van der Waals surface area contributed by atoms with Gasteiger partial charge in [0.2, 0.25) is 0 Å². The van der Waals surface area contributed by atoms with Crippen LogP contribution in [-0.2, 0) is 4.74 Å². The van der Waals surface area contributed by atoms with Crippen LogP contribution in [0.25, 0.3) is 0 Å². The van der Waals surface area contributed by atoms with E-state index in [1.54, 1.807) is 0 Å². The fraction of sp³-hybridized carbons (Fsp3) is 0.571. The number of nitrogens with one attached hydrogen (secondary N) is 1. The first-order valence-electron chi connectivity index (χ1n) is 6.16. The lowest BCUT2D eigenvalue weighted by atomic mass is 9.96. The van der Waals surface area contributed by atoms with E-state index in [1.807, 2.05) is 18.8 Å². The molecule has 0 spiro atoms. The molecule has 2 nitrogen and oxygen atoms in total. The fourth-order valence-corrected chi connectivity index (χ4v) is 3.32. The molecule has 0 bridgehead atoms. The summed E-state index contributed by atoms with van der Waals surface area (Å²) in [6.07, 6.45) is 0.292. The van der Waals surface area contributed by atoms with Gasteiger partial charge in [-0.15, -0.1) is 0 Å². The Morgan fingerprint density at radius 2 is 2.24 bits per heavy atom. The van der Waals surface area contributed by atoms with E-state index >= 15 is 0 Å². The molecule has 1 N–H and O–H groups in total. The van der Waals surface area contributed by atoms with Crippen LogP contribution in [0.5, 0.6) is 0 Å². The maximum absolute atomic E-state index is 5.89. The summed E-state index contributed by atoms with van der Waals surface area (Å²) in [6, 6.07) is 6.97. The van der Waals surface area contributed by atoms with Crippen LogP contribution in [0.2, 0.25) is 0 Å². The summed E-state index contributed by atoms with van der Waals surface area (Å²) >= 11 is 1.99. The van der Waals surface area contributed by atoms with Gasteiger partial charge in [-0.1, -0.05) is 23.8 Å². The van der Waals surface area contributed by atoms with Crippen LogP contribution >= 0.6 is 11.8 Å². The Labute approximate surface area is 108 Å². The summed E-state index contributed by atoms with van der Waals surface area (Å²) in [5.74, 6) is 2.21. The van der Waals surface area contributed by atoms with Crippen LogP contribution in [0.1, 0.15) is 22.7 Å². The summed E-state index contributed by atoms with van der Waals surface area (Å²) in [5.41, 5.74) is 4.04. The molecule has 0 aromatic heterocycles. The highest BCUT2D eigenvalue weighted by Gasteiger charge is 2.25.